The minimum Gasteiger partial charge on any atom is -0.504 e. The topological polar surface area (TPSA) is 86.3 Å². The number of nitrogens with zero attached hydrogens (tertiary/aromatic N) is 2. The highest BCUT2D eigenvalue weighted by atomic mass is 16.5. The van der Waals surface area contributed by atoms with Gasteiger partial charge in [-0.25, -0.2) is 0 Å². The van der Waals surface area contributed by atoms with Crippen molar-refractivity contribution in [3.8, 4) is 11.5 Å². The molecule has 7 rings (SSSR count). The first-order valence-corrected chi connectivity index (χ1v) is 14.1. The first-order chi connectivity index (χ1) is 17.5. The summed E-state index contributed by atoms with van der Waals surface area (Å²) in [5.74, 6) is 1.75. The van der Waals surface area contributed by atoms with Crippen molar-refractivity contribution in [2.45, 2.75) is 74.6 Å². The van der Waals surface area contributed by atoms with Crippen LogP contribution in [-0.2, 0) is 21.4 Å². The molecule has 2 saturated carbocycles. The Kier molecular flexibility index (Phi) is 5.55. The summed E-state index contributed by atoms with van der Waals surface area (Å²) in [6.45, 7) is 9.33. The SMILES string of the molecule is CC(=O)N[C@@]12CC[C@@H](NCCN3CCOCC3)[C@@H]3Oc4c(O)ccc5c4[C@@]31CCN(CC1CC1)[C@@H]2C5. The van der Waals surface area contributed by atoms with Crippen molar-refractivity contribution in [2.24, 2.45) is 5.92 Å². The number of amides is 1. The highest BCUT2D eigenvalue weighted by Gasteiger charge is 2.73. The molecule has 6 aliphatic rings. The van der Waals surface area contributed by atoms with Crippen LogP contribution in [0.5, 0.6) is 11.5 Å². The number of piperidine rings is 1. The van der Waals surface area contributed by atoms with E-state index in [2.05, 4.69) is 26.5 Å². The molecular weight excluding hydrogens is 456 g/mol. The zero-order valence-corrected chi connectivity index (χ0v) is 21.4. The number of morpholine rings is 1. The molecule has 8 nitrogen and oxygen atoms in total. The predicted octanol–water partition coefficient (Wildman–Crippen LogP) is 1.39. The maximum Gasteiger partial charge on any atom is 0.217 e. The summed E-state index contributed by atoms with van der Waals surface area (Å²) < 4.78 is 12.3. The Morgan fingerprint density at radius 2 is 2.00 bits per heavy atom. The van der Waals surface area contributed by atoms with Gasteiger partial charge in [-0.15, -0.1) is 0 Å². The van der Waals surface area contributed by atoms with Gasteiger partial charge in [0.15, 0.2) is 11.5 Å². The van der Waals surface area contributed by atoms with Crippen molar-refractivity contribution >= 4 is 5.91 Å². The maximum absolute atomic E-state index is 12.8. The fourth-order valence-corrected chi connectivity index (χ4v) is 8.54. The average Bonchev–Trinajstić information content (AvgIpc) is 3.61. The molecule has 3 aliphatic heterocycles. The van der Waals surface area contributed by atoms with Crippen LogP contribution < -0.4 is 15.4 Å². The smallest absolute Gasteiger partial charge is 0.217 e. The second-order valence-corrected chi connectivity index (χ2v) is 12.1. The van der Waals surface area contributed by atoms with E-state index >= 15 is 0 Å². The molecule has 2 saturated heterocycles. The van der Waals surface area contributed by atoms with E-state index < -0.39 is 0 Å². The summed E-state index contributed by atoms with van der Waals surface area (Å²) in [4.78, 5) is 18.0. The average molecular weight is 497 g/mol. The molecule has 1 amide bonds. The molecule has 5 atom stereocenters. The third-order valence-electron chi connectivity index (χ3n) is 10.2. The third kappa shape index (κ3) is 3.37. The molecule has 8 heteroatoms. The normalized spacial score (nSPS) is 37.3. The quantitative estimate of drug-likeness (QED) is 0.526. The Morgan fingerprint density at radius 1 is 1.17 bits per heavy atom. The molecule has 196 valence electrons. The molecule has 2 bridgehead atoms. The molecule has 36 heavy (non-hydrogen) atoms. The van der Waals surface area contributed by atoms with Gasteiger partial charge in [-0.1, -0.05) is 6.07 Å². The lowest BCUT2D eigenvalue weighted by Gasteiger charge is -2.66. The highest BCUT2D eigenvalue weighted by Crippen LogP contribution is 2.65. The predicted molar refractivity (Wildman–Crippen MR) is 135 cm³/mol. The van der Waals surface area contributed by atoms with E-state index in [1.165, 1.54) is 24.0 Å². The number of benzene rings is 1. The summed E-state index contributed by atoms with van der Waals surface area (Å²) in [7, 11) is 0. The van der Waals surface area contributed by atoms with Crippen molar-refractivity contribution in [3.63, 3.8) is 0 Å². The number of hydrogen-bond acceptors (Lipinski definition) is 7. The van der Waals surface area contributed by atoms with E-state index in [0.717, 1.165) is 84.1 Å². The lowest BCUT2D eigenvalue weighted by molar-refractivity contribution is -0.135. The van der Waals surface area contributed by atoms with Gasteiger partial charge in [0.2, 0.25) is 5.91 Å². The van der Waals surface area contributed by atoms with E-state index in [1.807, 2.05) is 6.07 Å². The molecule has 1 aromatic rings. The van der Waals surface area contributed by atoms with Crippen LogP contribution in [0.4, 0.5) is 0 Å². The number of nitrogens with one attached hydrogen (secondary N) is 2. The lowest BCUT2D eigenvalue weighted by Crippen LogP contribution is -2.83. The van der Waals surface area contributed by atoms with Gasteiger partial charge < -0.3 is 25.2 Å². The van der Waals surface area contributed by atoms with E-state index in [0.29, 0.717) is 5.75 Å². The van der Waals surface area contributed by atoms with Crippen molar-refractivity contribution in [1.82, 2.24) is 20.4 Å². The summed E-state index contributed by atoms with van der Waals surface area (Å²) >= 11 is 0. The molecule has 1 aromatic carbocycles. The van der Waals surface area contributed by atoms with Gasteiger partial charge in [-0.2, -0.15) is 0 Å². The fourth-order valence-electron chi connectivity index (χ4n) is 8.54. The summed E-state index contributed by atoms with van der Waals surface area (Å²) in [5.41, 5.74) is 1.79. The van der Waals surface area contributed by atoms with Gasteiger partial charge in [-0.05, 0) is 62.6 Å². The van der Waals surface area contributed by atoms with Crippen LogP contribution in [0.15, 0.2) is 12.1 Å². The van der Waals surface area contributed by atoms with Gasteiger partial charge in [0, 0.05) is 57.3 Å². The standard InChI is InChI=1S/C28H40N4O4/c1-18(33)30-28-7-6-21(29-9-11-31-12-14-35-15-13-31)26-27(28)8-10-32(17-19-2-3-19)23(28)16-20-4-5-22(34)25(36-26)24(20)27/h4-5,19,21,23,26,29,34H,2-3,6-17H2,1H3,(H,30,33)/t21-,23-,26+,27+,28-/m1/s1. The summed E-state index contributed by atoms with van der Waals surface area (Å²) in [5, 5.41) is 18.4. The molecule has 1 spiro atoms. The Morgan fingerprint density at radius 3 is 2.78 bits per heavy atom. The maximum atomic E-state index is 12.8. The second-order valence-electron chi connectivity index (χ2n) is 12.1. The zero-order valence-electron chi connectivity index (χ0n) is 21.4. The van der Waals surface area contributed by atoms with Gasteiger partial charge in [0.1, 0.15) is 6.10 Å². The minimum absolute atomic E-state index is 0.0437. The number of phenols is 1. The minimum atomic E-state index is -0.370. The van der Waals surface area contributed by atoms with Gasteiger partial charge in [-0.3, -0.25) is 14.6 Å². The van der Waals surface area contributed by atoms with Crippen molar-refractivity contribution < 1.29 is 19.4 Å². The Hall–Kier alpha value is -1.87. The van der Waals surface area contributed by atoms with Crippen LogP contribution in [0, 0.1) is 5.92 Å². The van der Waals surface area contributed by atoms with Crippen LogP contribution in [0.2, 0.25) is 0 Å². The number of phenolic OH excluding ortho intramolecular Hbond substituents is 1. The lowest BCUT2D eigenvalue weighted by atomic mass is 9.46. The van der Waals surface area contributed by atoms with Gasteiger partial charge in [0.25, 0.3) is 0 Å². The number of rotatable bonds is 7. The van der Waals surface area contributed by atoms with E-state index in [9.17, 15) is 9.90 Å². The van der Waals surface area contributed by atoms with Crippen LogP contribution in [-0.4, -0.2) is 97.0 Å². The van der Waals surface area contributed by atoms with E-state index in [1.54, 1.807) is 6.92 Å². The number of ether oxygens (including phenoxy) is 2. The highest BCUT2D eigenvalue weighted by molar-refractivity contribution is 5.76. The monoisotopic (exact) mass is 496 g/mol. The van der Waals surface area contributed by atoms with Gasteiger partial charge >= 0.3 is 0 Å². The Labute approximate surface area is 213 Å². The number of hydrogen-bond donors (Lipinski definition) is 3. The molecular formula is C28H40N4O4. The van der Waals surface area contributed by atoms with E-state index in [4.69, 9.17) is 9.47 Å². The van der Waals surface area contributed by atoms with Crippen LogP contribution >= 0.6 is 0 Å². The van der Waals surface area contributed by atoms with E-state index in [-0.39, 0.29) is 40.8 Å². The number of aromatic hydroxyl groups is 1. The molecule has 0 aromatic heterocycles. The van der Waals surface area contributed by atoms with Gasteiger partial charge in [0.05, 0.1) is 24.2 Å². The number of carbonyl (C=O) groups is 1. The fraction of sp³-hybridized carbons (Fsp3) is 0.750. The Bertz CT molecular complexity index is 1040. The van der Waals surface area contributed by atoms with Crippen molar-refractivity contribution in [1.29, 1.82) is 0 Å². The summed E-state index contributed by atoms with van der Waals surface area (Å²) in [6, 6.07) is 4.37. The van der Waals surface area contributed by atoms with Crippen LogP contribution in [0.25, 0.3) is 0 Å². The third-order valence-corrected chi connectivity index (χ3v) is 10.2. The molecule has 4 fully saturated rings. The molecule has 0 radical (unpaired) electrons. The molecule has 3 N–H and O–H groups in total. The molecule has 0 unspecified atom stereocenters. The van der Waals surface area contributed by atoms with Crippen molar-refractivity contribution in [3.05, 3.63) is 23.3 Å². The summed E-state index contributed by atoms with van der Waals surface area (Å²) in [6.07, 6.45) is 6.30. The molecule has 3 aliphatic carbocycles. The second kappa shape index (κ2) is 8.58. The largest absolute Gasteiger partial charge is 0.504 e. The first kappa shape index (κ1) is 23.3. The number of carbonyl (C=O) groups excluding carboxylic acids is 1. The Balaban J connectivity index is 1.25. The van der Waals surface area contributed by atoms with Crippen LogP contribution in [0.3, 0.4) is 0 Å². The van der Waals surface area contributed by atoms with Crippen molar-refractivity contribution in [2.75, 3.05) is 52.5 Å². The number of likely N-dealkylation sites (tertiary alicyclic amines) is 1. The first-order valence-electron chi connectivity index (χ1n) is 14.1. The van der Waals surface area contributed by atoms with Crippen LogP contribution in [0.1, 0.15) is 50.2 Å². The zero-order chi connectivity index (χ0) is 24.5. The molecule has 3 heterocycles.